The molecule has 2 aromatic rings. The van der Waals surface area contributed by atoms with E-state index in [0.717, 1.165) is 11.3 Å². The Hall–Kier alpha value is -1.20. The van der Waals surface area contributed by atoms with E-state index in [9.17, 15) is 0 Å². The molecule has 0 fully saturated rings. The lowest BCUT2D eigenvalue weighted by Crippen LogP contribution is -2.35. The Morgan fingerprint density at radius 3 is 1.82 bits per heavy atom. The molecular formula is C12H25N4O13P3S. The van der Waals surface area contributed by atoms with E-state index in [0.29, 0.717) is 24.6 Å². The predicted octanol–water partition coefficient (Wildman–Crippen LogP) is -2.81. The molecule has 2 heterocycles. The summed E-state index contributed by atoms with van der Waals surface area (Å²) in [5.41, 5.74) is 10.0. The molecule has 11 N–H and O–H groups in total. The Morgan fingerprint density at radius 1 is 1.03 bits per heavy atom. The van der Waals surface area contributed by atoms with Crippen LogP contribution in [0, 0.1) is 13.8 Å². The van der Waals surface area contributed by atoms with Gasteiger partial charge < -0.3 is 54.9 Å². The summed E-state index contributed by atoms with van der Waals surface area (Å²) >= 11 is 1.65. The predicted molar refractivity (Wildman–Crippen MR) is 111 cm³/mol. The van der Waals surface area contributed by atoms with E-state index in [1.165, 1.54) is 4.88 Å². The van der Waals surface area contributed by atoms with Gasteiger partial charge in [-0.2, -0.15) is 4.57 Å². The summed E-state index contributed by atoms with van der Waals surface area (Å²) in [6, 6.07) is 0. The van der Waals surface area contributed by atoms with E-state index in [2.05, 4.69) is 14.5 Å². The summed E-state index contributed by atoms with van der Waals surface area (Å²) in [6.07, 6.45) is 2.47. The number of aliphatic hydroxyl groups is 1. The minimum atomic E-state index is -4.89. The van der Waals surface area contributed by atoms with Crippen molar-refractivity contribution in [2.24, 2.45) is 0 Å². The zero-order valence-electron chi connectivity index (χ0n) is 17.1. The zero-order chi connectivity index (χ0) is 26.6. The lowest BCUT2D eigenvalue weighted by Gasteiger charge is -2.01. The van der Waals surface area contributed by atoms with Crippen LogP contribution in [0.15, 0.2) is 11.7 Å². The van der Waals surface area contributed by atoms with Crippen molar-refractivity contribution in [3.63, 3.8) is 0 Å². The van der Waals surface area contributed by atoms with Gasteiger partial charge in [-0.1, -0.05) is 11.3 Å². The smallest absolute Gasteiger partial charge is 0.466 e. The number of nitrogen functional groups attached to an aromatic ring is 1. The van der Waals surface area contributed by atoms with Crippen molar-refractivity contribution in [3.05, 3.63) is 33.7 Å². The molecule has 2 rings (SSSR count). The van der Waals surface area contributed by atoms with E-state index in [1.807, 2.05) is 19.4 Å². The molecule has 2 aromatic heterocycles. The Bertz CT molecular complexity index is 930. The van der Waals surface area contributed by atoms with Gasteiger partial charge in [-0.05, 0) is 6.92 Å². The lowest BCUT2D eigenvalue weighted by molar-refractivity contribution is -0.689. The first-order valence-electron chi connectivity index (χ1n) is 8.10. The molecule has 192 valence electrons. The second-order valence-electron chi connectivity index (χ2n) is 5.68. The Morgan fingerprint density at radius 2 is 1.45 bits per heavy atom. The molecule has 0 spiro atoms. The fourth-order valence-electron chi connectivity index (χ4n) is 1.77. The van der Waals surface area contributed by atoms with Gasteiger partial charge >= 0.3 is 15.6 Å². The van der Waals surface area contributed by atoms with Crippen molar-refractivity contribution in [2.45, 2.75) is 26.8 Å². The van der Waals surface area contributed by atoms with Crippen molar-refractivity contribution >= 4 is 40.6 Å². The highest BCUT2D eigenvalue weighted by Gasteiger charge is 2.17. The summed E-state index contributed by atoms with van der Waals surface area (Å²) < 4.78 is 28.6. The van der Waals surface area contributed by atoms with Gasteiger partial charge in [-0.15, -0.1) is 0 Å². The second-order valence-corrected chi connectivity index (χ2v) is 9.65. The number of aliphatic hydroxyl groups excluding tert-OH is 1. The Kier molecular flexibility index (Phi) is 15.4. The standard InChI is InChI=1S/C12H17N4OS.3H3O4P/c1-8-11(3-4-17)18-7-16(8)6-10-5-14-9(2)15-12(10)13;3*1-5(2,3)4/h5,7,17H,3-4,6H2,1-2H3,(H2,13,14,15);3*(H3,1,2,3,4)/q+1;;;/p-1. The third-order valence-electron chi connectivity index (χ3n) is 2.85. The molecule has 0 amide bonds. The molecule has 0 aliphatic heterocycles. The Labute approximate surface area is 191 Å². The molecule has 0 unspecified atom stereocenters. The number of aromatic nitrogens is 3. The zero-order valence-corrected chi connectivity index (χ0v) is 20.6. The topological polar surface area (TPSA) is 312 Å². The molecule has 0 bridgehead atoms. The SMILES string of the molecule is Cc1ncc(C[n+]2csc(CCO)c2C)c(N)n1.O=P(O)(O)O.O=P(O)(O)O.O=P([O-])(O)O. The summed E-state index contributed by atoms with van der Waals surface area (Å²) in [5.74, 6) is 1.22. The fraction of sp³-hybridized carbons (Fsp3) is 0.417. The minimum Gasteiger partial charge on any atom is -0.756 e. The highest BCUT2D eigenvalue weighted by atomic mass is 32.1. The molecule has 21 heteroatoms. The molecule has 17 nitrogen and oxygen atoms in total. The minimum absolute atomic E-state index is 0.178. The van der Waals surface area contributed by atoms with Crippen LogP contribution in [-0.4, -0.2) is 60.8 Å². The third-order valence-corrected chi connectivity index (χ3v) is 4.00. The van der Waals surface area contributed by atoms with E-state index in [1.54, 1.807) is 17.5 Å². The largest absolute Gasteiger partial charge is 0.756 e. The van der Waals surface area contributed by atoms with Crippen LogP contribution >= 0.6 is 34.8 Å². The summed E-state index contributed by atoms with van der Waals surface area (Å²) in [7, 11) is -14.2. The van der Waals surface area contributed by atoms with Crippen molar-refractivity contribution in [1.29, 1.82) is 0 Å². The highest BCUT2D eigenvalue weighted by molar-refractivity contribution is 7.45. The van der Waals surface area contributed by atoms with Gasteiger partial charge in [-0.25, -0.2) is 19.1 Å². The van der Waals surface area contributed by atoms with Crippen LogP contribution in [0.1, 0.15) is 22.0 Å². The first-order valence-corrected chi connectivity index (χ1v) is 13.6. The van der Waals surface area contributed by atoms with Crippen LogP contribution in [-0.2, 0) is 26.7 Å². The van der Waals surface area contributed by atoms with Gasteiger partial charge in [0, 0.05) is 26.1 Å². The molecule has 0 atom stereocenters. The van der Waals surface area contributed by atoms with E-state index in [-0.39, 0.29) is 6.61 Å². The average Bonchev–Trinajstić information content (AvgIpc) is 2.86. The van der Waals surface area contributed by atoms with Gasteiger partial charge in [-0.3, -0.25) is 4.57 Å². The Balaban J connectivity index is 0. The molecule has 0 aromatic carbocycles. The van der Waals surface area contributed by atoms with E-state index in [4.69, 9.17) is 68.6 Å². The fourth-order valence-corrected chi connectivity index (χ4v) is 2.75. The summed E-state index contributed by atoms with van der Waals surface area (Å²) in [6.45, 7) is 4.71. The number of anilines is 1. The van der Waals surface area contributed by atoms with Crippen molar-refractivity contribution in [1.82, 2.24) is 9.97 Å². The van der Waals surface area contributed by atoms with Gasteiger partial charge in [0.05, 0.1) is 10.4 Å². The van der Waals surface area contributed by atoms with Gasteiger partial charge in [0.15, 0.2) is 12.2 Å². The maximum absolute atomic E-state index is 8.98. The molecule has 33 heavy (non-hydrogen) atoms. The van der Waals surface area contributed by atoms with Crippen LogP contribution in [0.4, 0.5) is 5.82 Å². The van der Waals surface area contributed by atoms with Crippen LogP contribution in [0.3, 0.4) is 0 Å². The average molecular weight is 558 g/mol. The van der Waals surface area contributed by atoms with E-state index >= 15 is 0 Å². The molecular weight excluding hydrogens is 533 g/mol. The number of hydrogen-bond donors (Lipinski definition) is 10. The second kappa shape index (κ2) is 14.9. The molecule has 0 aliphatic rings. The highest BCUT2D eigenvalue weighted by Crippen LogP contribution is 2.26. The number of phosphoric acid groups is 3. The van der Waals surface area contributed by atoms with Gasteiger partial charge in [0.25, 0.3) is 7.82 Å². The monoisotopic (exact) mass is 558 g/mol. The quantitative estimate of drug-likeness (QED) is 0.134. The molecule has 0 radical (unpaired) electrons. The molecule has 0 saturated carbocycles. The number of rotatable bonds is 4. The first-order chi connectivity index (χ1) is 14.6. The maximum atomic E-state index is 8.98. The van der Waals surface area contributed by atoms with Crippen molar-refractivity contribution in [2.75, 3.05) is 12.3 Å². The lowest BCUT2D eigenvalue weighted by atomic mass is 10.2. The van der Waals surface area contributed by atoms with Crippen LogP contribution in [0.5, 0.6) is 0 Å². The normalized spacial score (nSPS) is 11.3. The number of aryl methyl sites for hydroxylation is 1. The maximum Gasteiger partial charge on any atom is 0.466 e. The summed E-state index contributed by atoms with van der Waals surface area (Å²) in [4.78, 5) is 75.6. The van der Waals surface area contributed by atoms with Crippen molar-refractivity contribution < 1.29 is 67.4 Å². The molecule has 0 aliphatic carbocycles. The number of nitrogens with zero attached hydrogens (tertiary/aromatic N) is 3. The molecule has 0 saturated heterocycles. The number of hydrogen-bond acceptors (Lipinski definition) is 9. The van der Waals surface area contributed by atoms with Gasteiger partial charge in [0.2, 0.25) is 5.51 Å². The third kappa shape index (κ3) is 25.3. The van der Waals surface area contributed by atoms with Gasteiger partial charge in [0.1, 0.15) is 11.6 Å². The summed E-state index contributed by atoms with van der Waals surface area (Å²) in [5, 5.41) is 8.98. The van der Waals surface area contributed by atoms with E-state index < -0.39 is 23.5 Å². The first kappa shape index (κ1) is 34.0. The van der Waals surface area contributed by atoms with Crippen LogP contribution < -0.4 is 15.2 Å². The number of nitrogens with two attached hydrogens (primary N) is 1. The van der Waals surface area contributed by atoms with Crippen molar-refractivity contribution in [3.8, 4) is 0 Å². The van der Waals surface area contributed by atoms with Crippen LogP contribution in [0.2, 0.25) is 0 Å². The van der Waals surface area contributed by atoms with Crippen LogP contribution in [0.25, 0.3) is 0 Å². The number of thiazole rings is 1.